The molecule has 9 heteroatoms. The molecule has 0 bridgehead atoms. The number of ether oxygens (including phenoxy) is 2. The van der Waals surface area contributed by atoms with Crippen molar-refractivity contribution in [3.8, 4) is 0 Å². The lowest BCUT2D eigenvalue weighted by Gasteiger charge is -2.29. The van der Waals surface area contributed by atoms with Crippen LogP contribution in [0.4, 0.5) is 13.6 Å². The average molecular weight is 431 g/mol. The molecule has 160 valence electrons. The minimum absolute atomic E-state index is 0.0000531. The summed E-state index contributed by atoms with van der Waals surface area (Å²) in [4.78, 5) is 26.3. The molecule has 0 radical (unpaired) electrons. The van der Waals surface area contributed by atoms with Gasteiger partial charge in [-0.3, -0.25) is 9.69 Å². The van der Waals surface area contributed by atoms with E-state index in [2.05, 4.69) is 11.9 Å². The number of carbonyl (C=O) groups is 2. The Bertz CT molecular complexity index is 769. The first-order chi connectivity index (χ1) is 13.5. The van der Waals surface area contributed by atoms with Crippen molar-refractivity contribution < 1.29 is 27.8 Å². The number of carbonyl (C=O) groups excluding carboxylic acids is 2. The second-order valence-electron chi connectivity index (χ2n) is 7.61. The van der Waals surface area contributed by atoms with E-state index in [1.807, 2.05) is 0 Å². The maximum atomic E-state index is 14.6. The Hall–Kier alpha value is -2.19. The van der Waals surface area contributed by atoms with Crippen LogP contribution in [0.2, 0.25) is 5.02 Å². The molecule has 1 heterocycles. The fraction of sp³-hybridized carbons (Fsp3) is 0.500. The standard InChI is InChI=1S/C20H25ClF2N2O4/c1-5-9-28-17-14(22)11-25(19(27)29-20(2,3)4)16(17)18(26)24-10-12-7-6-8-13(21)15(12)23/h5-8,14,16-17H,1,9-11H2,2-4H3,(H,24,26)/t14-,16-,17+/m0/s1. The van der Waals surface area contributed by atoms with Gasteiger partial charge in [0.15, 0.2) is 0 Å². The molecular weight excluding hydrogens is 406 g/mol. The van der Waals surface area contributed by atoms with E-state index in [1.54, 1.807) is 26.8 Å². The van der Waals surface area contributed by atoms with Crippen LogP contribution in [-0.2, 0) is 20.8 Å². The van der Waals surface area contributed by atoms with E-state index >= 15 is 0 Å². The second kappa shape index (κ2) is 9.54. The Morgan fingerprint density at radius 2 is 2.10 bits per heavy atom. The zero-order chi connectivity index (χ0) is 21.8. The molecule has 1 aliphatic rings. The van der Waals surface area contributed by atoms with E-state index < -0.39 is 41.7 Å². The minimum Gasteiger partial charge on any atom is -0.444 e. The van der Waals surface area contributed by atoms with E-state index in [0.29, 0.717) is 0 Å². The summed E-state index contributed by atoms with van der Waals surface area (Å²) in [6.45, 7) is 7.95. The van der Waals surface area contributed by atoms with Crippen LogP contribution in [0.25, 0.3) is 0 Å². The monoisotopic (exact) mass is 430 g/mol. The molecule has 1 aromatic carbocycles. The van der Waals surface area contributed by atoms with Gasteiger partial charge in [0.2, 0.25) is 5.91 Å². The van der Waals surface area contributed by atoms with Gasteiger partial charge in [-0.05, 0) is 26.8 Å². The van der Waals surface area contributed by atoms with E-state index in [0.717, 1.165) is 4.90 Å². The first-order valence-corrected chi connectivity index (χ1v) is 9.49. The van der Waals surface area contributed by atoms with Crippen molar-refractivity contribution in [1.29, 1.82) is 0 Å². The Labute approximate surface area is 173 Å². The number of benzene rings is 1. The number of hydrogen-bond donors (Lipinski definition) is 1. The van der Waals surface area contributed by atoms with E-state index in [-0.39, 0.29) is 30.3 Å². The van der Waals surface area contributed by atoms with Gasteiger partial charge in [-0.15, -0.1) is 6.58 Å². The fourth-order valence-electron chi connectivity index (χ4n) is 2.93. The molecule has 0 unspecified atom stereocenters. The van der Waals surface area contributed by atoms with Crippen LogP contribution in [0.5, 0.6) is 0 Å². The summed E-state index contributed by atoms with van der Waals surface area (Å²) in [5.74, 6) is -1.35. The number of halogens is 3. The van der Waals surface area contributed by atoms with Crippen LogP contribution in [-0.4, -0.2) is 54.0 Å². The predicted octanol–water partition coefficient (Wildman–Crippen LogP) is 3.62. The normalized spacial score (nSPS) is 21.7. The zero-order valence-corrected chi connectivity index (χ0v) is 17.3. The summed E-state index contributed by atoms with van der Waals surface area (Å²) in [6, 6.07) is 3.12. The first-order valence-electron chi connectivity index (χ1n) is 9.12. The molecule has 0 spiro atoms. The van der Waals surface area contributed by atoms with Crippen molar-refractivity contribution >= 4 is 23.6 Å². The molecule has 1 N–H and O–H groups in total. The lowest BCUT2D eigenvalue weighted by molar-refractivity contribution is -0.129. The zero-order valence-electron chi connectivity index (χ0n) is 16.6. The van der Waals surface area contributed by atoms with Crippen molar-refractivity contribution in [3.63, 3.8) is 0 Å². The van der Waals surface area contributed by atoms with Crippen LogP contribution in [0, 0.1) is 5.82 Å². The number of likely N-dealkylation sites (tertiary alicyclic amines) is 1. The third-order valence-electron chi connectivity index (χ3n) is 4.16. The highest BCUT2D eigenvalue weighted by molar-refractivity contribution is 6.30. The van der Waals surface area contributed by atoms with Gasteiger partial charge in [-0.25, -0.2) is 13.6 Å². The van der Waals surface area contributed by atoms with Crippen molar-refractivity contribution in [2.24, 2.45) is 0 Å². The summed E-state index contributed by atoms with van der Waals surface area (Å²) < 4.78 is 39.3. The predicted molar refractivity (Wildman–Crippen MR) is 105 cm³/mol. The molecule has 0 saturated carbocycles. The Kier molecular flexibility index (Phi) is 7.60. The van der Waals surface area contributed by atoms with Crippen LogP contribution >= 0.6 is 11.6 Å². The molecule has 3 atom stereocenters. The highest BCUT2D eigenvalue weighted by Crippen LogP contribution is 2.27. The SMILES string of the molecule is C=CCO[C@H]1[C@@H](C(=O)NCc2cccc(Cl)c2F)N(C(=O)OC(C)(C)C)C[C@@H]1F. The molecular formula is C20H25ClF2N2O4. The van der Waals surface area contributed by atoms with Crippen LogP contribution < -0.4 is 5.32 Å². The Balaban J connectivity index is 2.20. The lowest BCUT2D eigenvalue weighted by atomic mass is 10.1. The van der Waals surface area contributed by atoms with Gasteiger partial charge in [-0.2, -0.15) is 0 Å². The molecule has 29 heavy (non-hydrogen) atoms. The minimum atomic E-state index is -1.60. The number of nitrogens with one attached hydrogen (secondary N) is 1. The van der Waals surface area contributed by atoms with Gasteiger partial charge in [0.05, 0.1) is 18.2 Å². The smallest absolute Gasteiger partial charge is 0.411 e. The summed E-state index contributed by atoms with van der Waals surface area (Å²) in [6.07, 6.45) is -2.22. The Morgan fingerprint density at radius 1 is 1.41 bits per heavy atom. The molecule has 2 amide bonds. The maximum Gasteiger partial charge on any atom is 0.411 e. The second-order valence-corrected chi connectivity index (χ2v) is 8.02. The van der Waals surface area contributed by atoms with Crippen molar-refractivity contribution in [2.45, 2.75) is 51.2 Å². The quantitative estimate of drug-likeness (QED) is 0.700. The largest absolute Gasteiger partial charge is 0.444 e. The maximum absolute atomic E-state index is 14.6. The summed E-state index contributed by atoms with van der Waals surface area (Å²) in [5.41, 5.74) is -0.665. The van der Waals surface area contributed by atoms with E-state index in [1.165, 1.54) is 18.2 Å². The summed E-state index contributed by atoms with van der Waals surface area (Å²) >= 11 is 5.75. The van der Waals surface area contributed by atoms with Gasteiger partial charge in [0, 0.05) is 12.1 Å². The van der Waals surface area contributed by atoms with E-state index in [4.69, 9.17) is 21.1 Å². The number of amides is 2. The number of hydrogen-bond acceptors (Lipinski definition) is 4. The van der Waals surface area contributed by atoms with Gasteiger partial charge >= 0.3 is 6.09 Å². The topological polar surface area (TPSA) is 67.9 Å². The van der Waals surface area contributed by atoms with Crippen LogP contribution in [0.15, 0.2) is 30.9 Å². The molecule has 1 aliphatic heterocycles. The van der Waals surface area contributed by atoms with Crippen molar-refractivity contribution in [3.05, 3.63) is 47.3 Å². The third kappa shape index (κ3) is 5.90. The molecule has 0 aliphatic carbocycles. The van der Waals surface area contributed by atoms with Gasteiger partial charge < -0.3 is 14.8 Å². The molecule has 0 aromatic heterocycles. The van der Waals surface area contributed by atoms with Gasteiger partial charge in [0.1, 0.15) is 29.7 Å². The third-order valence-corrected chi connectivity index (χ3v) is 4.45. The van der Waals surface area contributed by atoms with Crippen molar-refractivity contribution in [1.82, 2.24) is 10.2 Å². The van der Waals surface area contributed by atoms with Crippen LogP contribution in [0.1, 0.15) is 26.3 Å². The van der Waals surface area contributed by atoms with Crippen molar-refractivity contribution in [2.75, 3.05) is 13.2 Å². The molecule has 1 saturated heterocycles. The average Bonchev–Trinajstić information content (AvgIpc) is 2.96. The van der Waals surface area contributed by atoms with Gasteiger partial charge in [-0.1, -0.05) is 29.8 Å². The van der Waals surface area contributed by atoms with E-state index in [9.17, 15) is 18.4 Å². The highest BCUT2D eigenvalue weighted by atomic mass is 35.5. The molecule has 1 fully saturated rings. The summed E-state index contributed by atoms with van der Waals surface area (Å²) in [7, 11) is 0. The first kappa shape index (κ1) is 23.1. The lowest BCUT2D eigenvalue weighted by Crippen LogP contribution is -2.52. The van der Waals surface area contributed by atoms with Crippen LogP contribution in [0.3, 0.4) is 0 Å². The Morgan fingerprint density at radius 3 is 2.72 bits per heavy atom. The molecule has 1 aromatic rings. The number of rotatable bonds is 6. The number of nitrogens with zero attached hydrogens (tertiary/aromatic N) is 1. The highest BCUT2D eigenvalue weighted by Gasteiger charge is 2.50. The summed E-state index contributed by atoms with van der Waals surface area (Å²) in [5, 5.41) is 2.44. The molecule has 2 rings (SSSR count). The fourth-order valence-corrected chi connectivity index (χ4v) is 3.12. The van der Waals surface area contributed by atoms with Gasteiger partial charge in [0.25, 0.3) is 0 Å². The number of alkyl halides is 1. The molecule has 6 nitrogen and oxygen atoms in total.